The first-order chi connectivity index (χ1) is 10.2. The van der Waals surface area contributed by atoms with E-state index in [1.165, 1.54) is 32.1 Å². The van der Waals surface area contributed by atoms with Crippen LogP contribution in [0.3, 0.4) is 0 Å². The monoisotopic (exact) mass is 292 g/mol. The molecule has 1 unspecified atom stereocenters. The van der Waals surface area contributed by atoms with Crippen molar-refractivity contribution in [1.82, 2.24) is 5.32 Å². The molecule has 1 atom stereocenters. The normalized spacial score (nSPS) is 17.7. The fourth-order valence-electron chi connectivity index (χ4n) is 3.59. The summed E-state index contributed by atoms with van der Waals surface area (Å²) >= 11 is 0. The topological polar surface area (TPSA) is 15.3 Å². The minimum atomic E-state index is -0.0790. The van der Waals surface area contributed by atoms with Gasteiger partial charge >= 0.3 is 0 Å². The van der Waals surface area contributed by atoms with Gasteiger partial charge in [-0.2, -0.15) is 0 Å². The lowest BCUT2D eigenvalue weighted by Crippen LogP contribution is -2.38. The van der Waals surface area contributed by atoms with Crippen LogP contribution < -0.4 is 10.2 Å². The zero-order valence-electron chi connectivity index (χ0n) is 13.7. The van der Waals surface area contributed by atoms with Crippen molar-refractivity contribution in [3.8, 4) is 0 Å². The van der Waals surface area contributed by atoms with Crippen LogP contribution >= 0.6 is 0 Å². The number of rotatable bonds is 6. The second-order valence-electron chi connectivity index (χ2n) is 6.03. The fraction of sp³-hybridized carbons (Fsp3) is 0.667. The van der Waals surface area contributed by atoms with Crippen molar-refractivity contribution in [3.05, 3.63) is 29.6 Å². The lowest BCUT2D eigenvalue weighted by atomic mass is 9.92. The van der Waals surface area contributed by atoms with Crippen LogP contribution in [-0.2, 0) is 0 Å². The summed E-state index contributed by atoms with van der Waals surface area (Å²) in [7, 11) is 0. The molecule has 1 aromatic carbocycles. The summed E-state index contributed by atoms with van der Waals surface area (Å²) in [5.41, 5.74) is 1.91. The molecule has 3 heteroatoms. The summed E-state index contributed by atoms with van der Waals surface area (Å²) < 4.78 is 14.6. The van der Waals surface area contributed by atoms with E-state index < -0.39 is 0 Å². The van der Waals surface area contributed by atoms with Crippen LogP contribution in [0.5, 0.6) is 0 Å². The van der Waals surface area contributed by atoms with Gasteiger partial charge < -0.3 is 10.2 Å². The van der Waals surface area contributed by atoms with Gasteiger partial charge in [-0.05, 0) is 44.9 Å². The molecule has 1 aliphatic rings. The van der Waals surface area contributed by atoms with Gasteiger partial charge in [0, 0.05) is 18.6 Å². The van der Waals surface area contributed by atoms with Crippen molar-refractivity contribution in [2.45, 2.75) is 65.0 Å². The number of anilines is 1. The summed E-state index contributed by atoms with van der Waals surface area (Å²) in [6.45, 7) is 8.12. The van der Waals surface area contributed by atoms with E-state index in [2.05, 4.69) is 37.1 Å². The Morgan fingerprint density at radius 1 is 1.24 bits per heavy atom. The third kappa shape index (κ3) is 3.76. The predicted octanol–water partition coefficient (Wildman–Crippen LogP) is 4.66. The van der Waals surface area contributed by atoms with E-state index in [-0.39, 0.29) is 11.9 Å². The Kier molecular flexibility index (Phi) is 6.04. The summed E-state index contributed by atoms with van der Waals surface area (Å²) in [5.74, 6) is -0.0790. The average molecular weight is 292 g/mol. The lowest BCUT2D eigenvalue weighted by Gasteiger charge is -2.37. The highest BCUT2D eigenvalue weighted by Crippen LogP contribution is 2.34. The molecule has 2 nitrogen and oxygen atoms in total. The summed E-state index contributed by atoms with van der Waals surface area (Å²) in [6.07, 6.45) is 6.25. The maximum atomic E-state index is 14.6. The molecule has 1 fully saturated rings. The molecule has 1 N–H and O–H groups in total. The molecule has 0 aliphatic heterocycles. The number of benzene rings is 1. The molecule has 0 bridgehead atoms. The molecule has 0 radical (unpaired) electrons. The van der Waals surface area contributed by atoms with E-state index in [1.807, 2.05) is 6.07 Å². The van der Waals surface area contributed by atoms with Crippen LogP contribution in [0.2, 0.25) is 0 Å². The first-order valence-corrected chi connectivity index (χ1v) is 8.47. The maximum absolute atomic E-state index is 14.6. The number of hydrogen-bond acceptors (Lipinski definition) is 2. The van der Waals surface area contributed by atoms with Gasteiger partial charge in [0.1, 0.15) is 5.82 Å². The summed E-state index contributed by atoms with van der Waals surface area (Å²) in [4.78, 5) is 2.30. The minimum absolute atomic E-state index is 0.0790. The molecule has 1 aliphatic carbocycles. The molecular weight excluding hydrogens is 263 g/mol. The van der Waals surface area contributed by atoms with Crippen LogP contribution in [0.15, 0.2) is 18.2 Å². The third-order valence-electron chi connectivity index (χ3n) is 4.64. The molecule has 0 spiro atoms. The van der Waals surface area contributed by atoms with Crippen LogP contribution in [-0.4, -0.2) is 19.1 Å². The number of hydrogen-bond donors (Lipinski definition) is 1. The smallest absolute Gasteiger partial charge is 0.146 e. The largest absolute Gasteiger partial charge is 0.366 e. The molecule has 1 saturated carbocycles. The van der Waals surface area contributed by atoms with Gasteiger partial charge in [0.2, 0.25) is 0 Å². The lowest BCUT2D eigenvalue weighted by molar-refractivity contribution is 0.413. The SMILES string of the molecule is CCNC(C)c1cccc(F)c1N(CC)C1CCCCC1. The first kappa shape index (κ1) is 16.3. The molecule has 1 aromatic rings. The Balaban J connectivity index is 2.34. The van der Waals surface area contributed by atoms with Crippen molar-refractivity contribution in [3.63, 3.8) is 0 Å². The highest BCUT2D eigenvalue weighted by atomic mass is 19.1. The standard InChI is InChI=1S/C18H29FN2/c1-4-20-14(3)16-12-9-13-17(19)18(16)21(5-2)15-10-7-6-8-11-15/h9,12-15,20H,4-8,10-11H2,1-3H3. The molecule has 0 aromatic heterocycles. The van der Waals surface area contributed by atoms with Crippen LogP contribution in [0.25, 0.3) is 0 Å². The molecular formula is C18H29FN2. The molecule has 0 heterocycles. The van der Waals surface area contributed by atoms with Gasteiger partial charge in [-0.15, -0.1) is 0 Å². The van der Waals surface area contributed by atoms with E-state index in [1.54, 1.807) is 6.07 Å². The van der Waals surface area contributed by atoms with E-state index in [9.17, 15) is 4.39 Å². The third-order valence-corrected chi connectivity index (χ3v) is 4.64. The summed E-state index contributed by atoms with van der Waals surface area (Å²) in [6, 6.07) is 6.17. The van der Waals surface area contributed by atoms with Crippen molar-refractivity contribution in [2.24, 2.45) is 0 Å². The van der Waals surface area contributed by atoms with Gasteiger partial charge in [-0.25, -0.2) is 4.39 Å². The highest BCUT2D eigenvalue weighted by Gasteiger charge is 2.25. The van der Waals surface area contributed by atoms with Crippen molar-refractivity contribution in [2.75, 3.05) is 18.0 Å². The van der Waals surface area contributed by atoms with E-state index in [4.69, 9.17) is 0 Å². The Morgan fingerprint density at radius 2 is 1.95 bits per heavy atom. The zero-order valence-corrected chi connectivity index (χ0v) is 13.7. The Bertz CT molecular complexity index is 441. The zero-order chi connectivity index (χ0) is 15.2. The van der Waals surface area contributed by atoms with Crippen LogP contribution in [0, 0.1) is 5.82 Å². The molecule has 2 rings (SSSR count). The Labute approximate surface area is 128 Å². The number of nitrogens with one attached hydrogen (secondary N) is 1. The van der Waals surface area contributed by atoms with Crippen molar-refractivity contribution in [1.29, 1.82) is 0 Å². The van der Waals surface area contributed by atoms with Gasteiger partial charge in [-0.1, -0.05) is 38.3 Å². The Morgan fingerprint density at radius 3 is 2.57 bits per heavy atom. The molecule has 0 amide bonds. The first-order valence-electron chi connectivity index (χ1n) is 8.47. The number of halogens is 1. The minimum Gasteiger partial charge on any atom is -0.366 e. The van der Waals surface area contributed by atoms with Crippen molar-refractivity contribution >= 4 is 5.69 Å². The maximum Gasteiger partial charge on any atom is 0.146 e. The molecule has 0 saturated heterocycles. The van der Waals surface area contributed by atoms with Crippen LogP contribution in [0.1, 0.15) is 64.5 Å². The predicted molar refractivity (Wildman–Crippen MR) is 88.4 cm³/mol. The highest BCUT2D eigenvalue weighted by molar-refractivity contribution is 5.57. The second kappa shape index (κ2) is 7.79. The van der Waals surface area contributed by atoms with Gasteiger partial charge in [0.25, 0.3) is 0 Å². The van der Waals surface area contributed by atoms with E-state index in [0.717, 1.165) is 24.3 Å². The Hall–Kier alpha value is -1.09. The fourth-order valence-corrected chi connectivity index (χ4v) is 3.59. The van der Waals surface area contributed by atoms with Crippen molar-refractivity contribution < 1.29 is 4.39 Å². The molecule has 21 heavy (non-hydrogen) atoms. The second-order valence-corrected chi connectivity index (χ2v) is 6.03. The molecule has 118 valence electrons. The number of para-hydroxylation sites is 1. The van der Waals surface area contributed by atoms with E-state index >= 15 is 0 Å². The number of nitrogens with zero attached hydrogens (tertiary/aromatic N) is 1. The van der Waals surface area contributed by atoms with Gasteiger partial charge in [-0.3, -0.25) is 0 Å². The summed E-state index contributed by atoms with van der Waals surface area (Å²) in [5, 5.41) is 3.42. The van der Waals surface area contributed by atoms with Crippen LogP contribution in [0.4, 0.5) is 10.1 Å². The average Bonchev–Trinajstić information content (AvgIpc) is 2.51. The van der Waals surface area contributed by atoms with Gasteiger partial charge in [0.05, 0.1) is 5.69 Å². The van der Waals surface area contributed by atoms with Gasteiger partial charge in [0.15, 0.2) is 0 Å². The van der Waals surface area contributed by atoms with E-state index in [0.29, 0.717) is 6.04 Å². The quantitative estimate of drug-likeness (QED) is 0.820.